The summed E-state index contributed by atoms with van der Waals surface area (Å²) in [5.74, 6) is 2.15. The molecule has 1 aliphatic carbocycles. The molecule has 1 N–H and O–H groups in total. The molecule has 2 aromatic rings. The molecule has 1 aromatic carbocycles. The van der Waals surface area contributed by atoms with Gasteiger partial charge in [-0.15, -0.1) is 0 Å². The number of thioether (sulfide) groups is 1. The van der Waals surface area contributed by atoms with Crippen LogP contribution in [0.2, 0.25) is 0 Å². The molecule has 1 saturated carbocycles. The monoisotopic (exact) mass is 398 g/mol. The fourth-order valence-electron chi connectivity index (χ4n) is 2.83. The summed E-state index contributed by atoms with van der Waals surface area (Å²) in [6, 6.07) is 10.3. The lowest BCUT2D eigenvalue weighted by molar-refractivity contribution is 0.0951. The number of benzene rings is 1. The molecule has 150 valence electrons. The lowest BCUT2D eigenvalue weighted by Crippen LogP contribution is -2.25. The van der Waals surface area contributed by atoms with Gasteiger partial charge in [0, 0.05) is 42.7 Å². The summed E-state index contributed by atoms with van der Waals surface area (Å²) in [6.07, 6.45) is 3.29. The number of amides is 1. The quantitative estimate of drug-likeness (QED) is 0.493. The van der Waals surface area contributed by atoms with Crippen LogP contribution in [0.3, 0.4) is 0 Å². The van der Waals surface area contributed by atoms with Crippen molar-refractivity contribution in [2.45, 2.75) is 62.9 Å². The molecule has 0 bridgehead atoms. The van der Waals surface area contributed by atoms with Crippen LogP contribution < -0.4 is 10.2 Å². The molecule has 5 nitrogen and oxygen atoms in total. The molecule has 3 rings (SSSR count). The Hall–Kier alpha value is -2.08. The molecule has 0 atom stereocenters. The van der Waals surface area contributed by atoms with E-state index in [2.05, 4.69) is 44.1 Å². The molecular weight excluding hydrogens is 368 g/mol. The van der Waals surface area contributed by atoms with Crippen molar-refractivity contribution in [2.75, 3.05) is 18.5 Å². The average molecular weight is 399 g/mol. The van der Waals surface area contributed by atoms with Crippen LogP contribution in [-0.4, -0.2) is 35.5 Å². The normalized spacial score (nSPS) is 13.6. The van der Waals surface area contributed by atoms with Crippen molar-refractivity contribution in [2.24, 2.45) is 0 Å². The fraction of sp³-hybridized carbons (Fsp3) is 0.500. The van der Waals surface area contributed by atoms with Crippen molar-refractivity contribution >= 4 is 23.5 Å². The topological polar surface area (TPSA) is 58.1 Å². The van der Waals surface area contributed by atoms with Crippen LogP contribution in [0.1, 0.15) is 67.6 Å². The highest BCUT2D eigenvalue weighted by atomic mass is 32.2. The third kappa shape index (κ3) is 5.71. The minimum atomic E-state index is 0.0262. The van der Waals surface area contributed by atoms with Crippen LogP contribution in [0.4, 0.5) is 5.82 Å². The zero-order valence-electron chi connectivity index (χ0n) is 17.2. The van der Waals surface area contributed by atoms with Crippen LogP contribution in [0.25, 0.3) is 0 Å². The van der Waals surface area contributed by atoms with Crippen molar-refractivity contribution in [3.63, 3.8) is 0 Å². The van der Waals surface area contributed by atoms with Gasteiger partial charge in [-0.3, -0.25) is 4.79 Å². The summed E-state index contributed by atoms with van der Waals surface area (Å²) in [5, 5.41) is 3.83. The number of aromatic nitrogens is 2. The molecule has 0 unspecified atom stereocenters. The fourth-order valence-corrected chi connectivity index (χ4v) is 3.65. The third-order valence-corrected chi connectivity index (χ3v) is 5.67. The van der Waals surface area contributed by atoms with Gasteiger partial charge in [0.25, 0.3) is 5.91 Å². The molecule has 1 heterocycles. The van der Waals surface area contributed by atoms with Crippen LogP contribution in [0.15, 0.2) is 35.5 Å². The molecule has 1 fully saturated rings. The molecule has 0 aliphatic heterocycles. The van der Waals surface area contributed by atoms with Gasteiger partial charge in [-0.05, 0) is 42.9 Å². The van der Waals surface area contributed by atoms with Gasteiger partial charge < -0.3 is 10.2 Å². The first-order valence-electron chi connectivity index (χ1n) is 10.1. The summed E-state index contributed by atoms with van der Waals surface area (Å²) in [5.41, 5.74) is 2.96. The predicted octanol–water partition coefficient (Wildman–Crippen LogP) is 4.63. The van der Waals surface area contributed by atoms with E-state index in [0.29, 0.717) is 12.0 Å². The Balaban J connectivity index is 1.66. The van der Waals surface area contributed by atoms with Gasteiger partial charge in [0.15, 0.2) is 5.16 Å². The molecule has 6 heteroatoms. The Morgan fingerprint density at radius 3 is 2.57 bits per heavy atom. The Kier molecular flexibility index (Phi) is 6.94. The Morgan fingerprint density at radius 1 is 1.25 bits per heavy atom. The van der Waals surface area contributed by atoms with Gasteiger partial charge in [0.1, 0.15) is 5.82 Å². The Labute approximate surface area is 172 Å². The van der Waals surface area contributed by atoms with Gasteiger partial charge in [-0.2, -0.15) is 0 Å². The number of nitrogens with one attached hydrogen (secondary N) is 1. The van der Waals surface area contributed by atoms with Crippen molar-refractivity contribution in [1.82, 2.24) is 15.3 Å². The lowest BCUT2D eigenvalue weighted by Gasteiger charge is -2.19. The first-order valence-corrected chi connectivity index (χ1v) is 11.1. The smallest absolute Gasteiger partial charge is 0.251 e. The number of nitrogens with zero attached hydrogens (tertiary/aromatic N) is 3. The molecule has 0 saturated heterocycles. The van der Waals surface area contributed by atoms with Crippen molar-refractivity contribution in [1.29, 1.82) is 0 Å². The summed E-state index contributed by atoms with van der Waals surface area (Å²) < 4.78 is 0. The Bertz CT molecular complexity index is 803. The largest absolute Gasteiger partial charge is 0.360 e. The van der Waals surface area contributed by atoms with Crippen LogP contribution >= 0.6 is 11.8 Å². The van der Waals surface area contributed by atoms with Gasteiger partial charge in [0.2, 0.25) is 0 Å². The molecule has 1 aliphatic rings. The summed E-state index contributed by atoms with van der Waals surface area (Å²) in [7, 11) is 2.08. The molecule has 0 radical (unpaired) electrons. The zero-order chi connectivity index (χ0) is 20.1. The van der Waals surface area contributed by atoms with Crippen LogP contribution in [-0.2, 0) is 5.75 Å². The SMILES string of the molecule is CCCN(C)c1cc(C(C)C)nc(SCc2ccc(C(=O)NC3CC3)cc2)n1. The van der Waals surface area contributed by atoms with Gasteiger partial charge in [-0.25, -0.2) is 9.97 Å². The lowest BCUT2D eigenvalue weighted by atomic mass is 10.1. The number of rotatable bonds is 9. The van der Waals surface area contributed by atoms with E-state index >= 15 is 0 Å². The minimum Gasteiger partial charge on any atom is -0.360 e. The maximum atomic E-state index is 12.1. The second-order valence-corrected chi connectivity index (χ2v) is 8.69. The average Bonchev–Trinajstić information content (AvgIpc) is 3.50. The van der Waals surface area contributed by atoms with Crippen molar-refractivity contribution < 1.29 is 4.79 Å². The Morgan fingerprint density at radius 2 is 1.96 bits per heavy atom. The van der Waals surface area contributed by atoms with Crippen LogP contribution in [0.5, 0.6) is 0 Å². The van der Waals surface area contributed by atoms with Crippen LogP contribution in [0, 0.1) is 0 Å². The van der Waals surface area contributed by atoms with E-state index in [1.807, 2.05) is 24.3 Å². The van der Waals surface area contributed by atoms with Gasteiger partial charge >= 0.3 is 0 Å². The number of carbonyl (C=O) groups is 1. The summed E-state index contributed by atoms with van der Waals surface area (Å²) in [4.78, 5) is 23.8. The summed E-state index contributed by atoms with van der Waals surface area (Å²) in [6.45, 7) is 7.46. The van der Waals surface area contributed by atoms with Crippen molar-refractivity contribution in [3.05, 3.63) is 47.2 Å². The van der Waals surface area contributed by atoms with E-state index in [9.17, 15) is 4.79 Å². The van der Waals surface area contributed by atoms with E-state index in [1.54, 1.807) is 11.8 Å². The second-order valence-electron chi connectivity index (χ2n) is 7.74. The van der Waals surface area contributed by atoms with E-state index in [4.69, 9.17) is 9.97 Å². The number of anilines is 1. The maximum absolute atomic E-state index is 12.1. The van der Waals surface area contributed by atoms with E-state index < -0.39 is 0 Å². The molecule has 1 aromatic heterocycles. The number of carbonyl (C=O) groups excluding carboxylic acids is 1. The first kappa shape index (κ1) is 20.6. The van der Waals surface area contributed by atoms with Gasteiger partial charge in [-0.1, -0.05) is 44.7 Å². The molecule has 0 spiro atoms. The highest BCUT2D eigenvalue weighted by Crippen LogP contribution is 2.25. The second kappa shape index (κ2) is 9.41. The van der Waals surface area contributed by atoms with Crippen molar-refractivity contribution in [3.8, 4) is 0 Å². The van der Waals surface area contributed by atoms with Gasteiger partial charge in [0.05, 0.1) is 0 Å². The highest BCUT2D eigenvalue weighted by molar-refractivity contribution is 7.98. The molecule has 28 heavy (non-hydrogen) atoms. The molecular formula is C22H30N4OS. The maximum Gasteiger partial charge on any atom is 0.251 e. The summed E-state index contributed by atoms with van der Waals surface area (Å²) >= 11 is 1.64. The minimum absolute atomic E-state index is 0.0262. The zero-order valence-corrected chi connectivity index (χ0v) is 18.1. The number of hydrogen-bond donors (Lipinski definition) is 1. The van der Waals surface area contributed by atoms with E-state index in [-0.39, 0.29) is 5.91 Å². The molecule has 1 amide bonds. The van der Waals surface area contributed by atoms with E-state index in [1.165, 1.54) is 0 Å². The number of hydrogen-bond acceptors (Lipinski definition) is 5. The third-order valence-electron chi connectivity index (χ3n) is 4.75. The standard InChI is InChI=1S/C22H30N4OS/c1-5-12-26(4)20-13-19(15(2)3)24-22(25-20)28-14-16-6-8-17(9-7-16)21(27)23-18-10-11-18/h6-9,13,15,18H,5,10-12,14H2,1-4H3,(H,23,27). The predicted molar refractivity (Wildman–Crippen MR) is 116 cm³/mol. The first-order chi connectivity index (χ1) is 13.5. The highest BCUT2D eigenvalue weighted by Gasteiger charge is 2.23. The van der Waals surface area contributed by atoms with E-state index in [0.717, 1.165) is 59.4 Å².